The minimum absolute atomic E-state index is 0.224. The molecule has 0 bridgehead atoms. The van der Waals surface area contributed by atoms with E-state index in [2.05, 4.69) is 15.3 Å². The van der Waals surface area contributed by atoms with Gasteiger partial charge in [0.2, 0.25) is 0 Å². The Morgan fingerprint density at radius 1 is 1.47 bits per heavy atom. The number of hydrogen-bond donors (Lipinski definition) is 2. The van der Waals surface area contributed by atoms with Crippen molar-refractivity contribution in [2.45, 2.75) is 32.9 Å². The molecular weight excluding hydrogens is 248 g/mol. The molecule has 7 nitrogen and oxygen atoms in total. The van der Waals surface area contributed by atoms with Gasteiger partial charge in [0.25, 0.3) is 0 Å². The van der Waals surface area contributed by atoms with Gasteiger partial charge in [-0.2, -0.15) is 0 Å². The average Bonchev–Trinajstić information content (AvgIpc) is 2.34. The number of aromatic nitrogens is 2. The fraction of sp³-hybridized carbons (Fsp3) is 0.500. The van der Waals surface area contributed by atoms with Crippen molar-refractivity contribution in [3.8, 4) is 0 Å². The van der Waals surface area contributed by atoms with Gasteiger partial charge in [-0.15, -0.1) is 0 Å². The second-order valence-corrected chi connectivity index (χ2v) is 4.68. The molecule has 0 saturated carbocycles. The SMILES string of the molecule is Cc1nccc(CNC(=O)N(C)C(C)(C)C(=O)O)n1. The average molecular weight is 266 g/mol. The molecule has 0 aliphatic heterocycles. The summed E-state index contributed by atoms with van der Waals surface area (Å²) >= 11 is 0. The van der Waals surface area contributed by atoms with Crippen LogP contribution in [0.5, 0.6) is 0 Å². The van der Waals surface area contributed by atoms with Gasteiger partial charge in [0, 0.05) is 13.2 Å². The van der Waals surface area contributed by atoms with Crippen LogP contribution in [0.3, 0.4) is 0 Å². The van der Waals surface area contributed by atoms with E-state index in [1.807, 2.05) is 0 Å². The van der Waals surface area contributed by atoms with Crippen LogP contribution in [-0.2, 0) is 11.3 Å². The molecule has 7 heteroatoms. The van der Waals surface area contributed by atoms with E-state index in [1.165, 1.54) is 20.9 Å². The van der Waals surface area contributed by atoms with Crippen molar-refractivity contribution in [3.05, 3.63) is 23.8 Å². The molecule has 0 saturated heterocycles. The van der Waals surface area contributed by atoms with E-state index >= 15 is 0 Å². The number of carbonyl (C=O) groups excluding carboxylic acids is 1. The maximum atomic E-state index is 11.9. The highest BCUT2D eigenvalue weighted by atomic mass is 16.4. The first-order valence-electron chi connectivity index (χ1n) is 5.78. The number of nitrogens with one attached hydrogen (secondary N) is 1. The summed E-state index contributed by atoms with van der Waals surface area (Å²) in [6.45, 7) is 4.90. The van der Waals surface area contributed by atoms with E-state index in [4.69, 9.17) is 5.11 Å². The quantitative estimate of drug-likeness (QED) is 0.840. The van der Waals surface area contributed by atoms with Crippen LogP contribution in [0.15, 0.2) is 12.3 Å². The van der Waals surface area contributed by atoms with Crippen molar-refractivity contribution < 1.29 is 14.7 Å². The smallest absolute Gasteiger partial charge is 0.329 e. The number of urea groups is 1. The Bertz CT molecular complexity index is 488. The third-order valence-electron chi connectivity index (χ3n) is 2.92. The molecule has 2 N–H and O–H groups in total. The zero-order valence-electron chi connectivity index (χ0n) is 11.5. The number of hydrogen-bond acceptors (Lipinski definition) is 4. The second-order valence-electron chi connectivity index (χ2n) is 4.68. The van der Waals surface area contributed by atoms with Crippen LogP contribution in [0, 0.1) is 6.92 Å². The molecule has 0 aliphatic carbocycles. The number of likely N-dealkylation sites (N-methyl/N-ethyl adjacent to an activating group) is 1. The largest absolute Gasteiger partial charge is 0.480 e. The summed E-state index contributed by atoms with van der Waals surface area (Å²) in [7, 11) is 1.44. The van der Waals surface area contributed by atoms with E-state index in [9.17, 15) is 9.59 Å². The van der Waals surface area contributed by atoms with Crippen molar-refractivity contribution >= 4 is 12.0 Å². The van der Waals surface area contributed by atoms with Crippen LogP contribution in [0.1, 0.15) is 25.4 Å². The summed E-state index contributed by atoms with van der Waals surface area (Å²) in [4.78, 5) is 32.1. The fourth-order valence-corrected chi connectivity index (χ4v) is 1.29. The molecule has 0 fully saturated rings. The Morgan fingerprint density at radius 3 is 2.63 bits per heavy atom. The van der Waals surface area contributed by atoms with E-state index in [1.54, 1.807) is 19.2 Å². The topological polar surface area (TPSA) is 95.4 Å². The monoisotopic (exact) mass is 266 g/mol. The molecular formula is C12H18N4O3. The number of amides is 2. The Hall–Kier alpha value is -2.18. The van der Waals surface area contributed by atoms with E-state index < -0.39 is 17.5 Å². The van der Waals surface area contributed by atoms with Crippen molar-refractivity contribution in [1.29, 1.82) is 0 Å². The van der Waals surface area contributed by atoms with Crippen molar-refractivity contribution in [2.75, 3.05) is 7.05 Å². The number of carboxylic acid groups (broad SMARTS) is 1. The number of rotatable bonds is 4. The zero-order chi connectivity index (χ0) is 14.6. The van der Waals surface area contributed by atoms with Gasteiger partial charge < -0.3 is 15.3 Å². The van der Waals surface area contributed by atoms with Gasteiger partial charge in [0.15, 0.2) is 0 Å². The van der Waals surface area contributed by atoms with Gasteiger partial charge >= 0.3 is 12.0 Å². The highest BCUT2D eigenvalue weighted by Gasteiger charge is 2.35. The number of carboxylic acids is 1. The molecule has 2 amide bonds. The third-order valence-corrected chi connectivity index (χ3v) is 2.92. The summed E-state index contributed by atoms with van der Waals surface area (Å²) in [5.74, 6) is -0.450. The standard InChI is InChI=1S/C12H18N4O3/c1-8-13-6-5-9(15-8)7-14-11(19)16(4)12(2,3)10(17)18/h5-6H,7H2,1-4H3,(H,14,19)(H,17,18). The van der Waals surface area contributed by atoms with E-state index in [0.717, 1.165) is 4.90 Å². The van der Waals surface area contributed by atoms with Crippen LogP contribution in [-0.4, -0.2) is 44.6 Å². The second kappa shape index (κ2) is 5.64. The predicted molar refractivity (Wildman–Crippen MR) is 68.5 cm³/mol. The first-order valence-corrected chi connectivity index (χ1v) is 5.78. The van der Waals surface area contributed by atoms with E-state index in [0.29, 0.717) is 11.5 Å². The lowest BCUT2D eigenvalue weighted by Gasteiger charge is -2.31. The number of nitrogens with zero attached hydrogens (tertiary/aromatic N) is 3. The first kappa shape index (κ1) is 14.9. The summed E-state index contributed by atoms with van der Waals surface area (Å²) in [6.07, 6.45) is 1.61. The molecule has 1 aromatic rings. The molecule has 104 valence electrons. The molecule has 0 radical (unpaired) electrons. The Labute approximate surface area is 111 Å². The number of carbonyl (C=O) groups is 2. The van der Waals surface area contributed by atoms with E-state index in [-0.39, 0.29) is 6.54 Å². The minimum atomic E-state index is -1.27. The van der Waals surface area contributed by atoms with Crippen molar-refractivity contribution in [2.24, 2.45) is 0 Å². The summed E-state index contributed by atoms with van der Waals surface area (Å²) in [5.41, 5.74) is -0.603. The van der Waals surface area contributed by atoms with Gasteiger partial charge in [-0.05, 0) is 26.8 Å². The molecule has 1 rings (SSSR count). The number of aryl methyl sites for hydroxylation is 1. The normalized spacial score (nSPS) is 10.9. The van der Waals surface area contributed by atoms with Gasteiger partial charge in [0.05, 0.1) is 12.2 Å². The van der Waals surface area contributed by atoms with Gasteiger partial charge in [-0.25, -0.2) is 19.6 Å². The Morgan fingerprint density at radius 2 is 2.11 bits per heavy atom. The molecule has 0 atom stereocenters. The molecule has 0 unspecified atom stereocenters. The van der Waals surface area contributed by atoms with Gasteiger partial charge in [0.1, 0.15) is 11.4 Å². The van der Waals surface area contributed by atoms with Crippen molar-refractivity contribution in [1.82, 2.24) is 20.2 Å². The molecule has 0 aromatic carbocycles. The van der Waals surface area contributed by atoms with Crippen LogP contribution in [0.4, 0.5) is 4.79 Å². The fourth-order valence-electron chi connectivity index (χ4n) is 1.29. The van der Waals surface area contributed by atoms with Crippen LogP contribution in [0.2, 0.25) is 0 Å². The lowest BCUT2D eigenvalue weighted by Crippen LogP contribution is -2.53. The maximum Gasteiger partial charge on any atom is 0.329 e. The first-order chi connectivity index (χ1) is 8.75. The third kappa shape index (κ3) is 3.64. The van der Waals surface area contributed by atoms with Crippen LogP contribution >= 0.6 is 0 Å². The summed E-state index contributed by atoms with van der Waals surface area (Å²) < 4.78 is 0. The molecule has 0 aliphatic rings. The molecule has 1 aromatic heterocycles. The Balaban J connectivity index is 2.63. The van der Waals surface area contributed by atoms with Crippen LogP contribution < -0.4 is 5.32 Å². The lowest BCUT2D eigenvalue weighted by molar-refractivity contribution is -0.146. The van der Waals surface area contributed by atoms with Crippen LogP contribution in [0.25, 0.3) is 0 Å². The molecule has 19 heavy (non-hydrogen) atoms. The highest BCUT2D eigenvalue weighted by molar-refractivity contribution is 5.85. The minimum Gasteiger partial charge on any atom is -0.480 e. The van der Waals surface area contributed by atoms with Gasteiger partial charge in [-0.1, -0.05) is 0 Å². The molecule has 0 spiro atoms. The highest BCUT2D eigenvalue weighted by Crippen LogP contribution is 2.12. The molecule has 1 heterocycles. The predicted octanol–water partition coefficient (Wildman–Crippen LogP) is 0.790. The summed E-state index contributed by atoms with van der Waals surface area (Å²) in [5, 5.41) is 11.7. The number of aliphatic carboxylic acids is 1. The Kier molecular flexibility index (Phi) is 4.42. The van der Waals surface area contributed by atoms with Gasteiger partial charge in [-0.3, -0.25) is 0 Å². The summed E-state index contributed by atoms with van der Waals surface area (Å²) in [6, 6.07) is 1.22. The van der Waals surface area contributed by atoms with Crippen molar-refractivity contribution in [3.63, 3.8) is 0 Å². The maximum absolute atomic E-state index is 11.9. The zero-order valence-corrected chi connectivity index (χ0v) is 11.5. The lowest BCUT2D eigenvalue weighted by atomic mass is 10.1.